The van der Waals surface area contributed by atoms with E-state index in [1.165, 1.54) is 0 Å². The van der Waals surface area contributed by atoms with Crippen molar-refractivity contribution in [2.24, 2.45) is 0 Å². The summed E-state index contributed by atoms with van der Waals surface area (Å²) in [6.45, 7) is 0. The maximum atomic E-state index is 12.8. The number of hydrogen-bond acceptors (Lipinski definition) is 2. The first-order valence-electron chi connectivity index (χ1n) is 3.75. The molecule has 0 saturated carbocycles. The maximum Gasteiger partial charge on any atom is 0.312 e. The third-order valence-corrected chi connectivity index (χ3v) is 2.66. The Morgan fingerprint density at radius 2 is 2.07 bits per heavy atom. The van der Waals surface area contributed by atoms with Gasteiger partial charge in [0.2, 0.25) is 0 Å². The zero-order valence-corrected chi connectivity index (χ0v) is 9.13. The fourth-order valence-electron chi connectivity index (χ4n) is 1.09. The van der Waals surface area contributed by atoms with Crippen LogP contribution in [0.5, 0.6) is 0 Å². The molecule has 6 heteroatoms. The summed E-state index contributed by atoms with van der Waals surface area (Å²) in [5.74, 6) is 0. The lowest BCUT2D eigenvalue weighted by Gasteiger charge is -2.03. The average Bonchev–Trinajstić information content (AvgIpc) is 2.42. The lowest BCUT2D eigenvalue weighted by molar-refractivity contribution is 0.515. The summed E-state index contributed by atoms with van der Waals surface area (Å²) in [5.41, 5.74) is 1.58. The number of thioether (sulfide) groups is 1. The van der Waals surface area contributed by atoms with Crippen molar-refractivity contribution in [1.29, 1.82) is 0 Å². The molecule has 0 atom stereocenters. The van der Waals surface area contributed by atoms with Crippen molar-refractivity contribution in [3.05, 3.63) is 24.3 Å². The maximum absolute atomic E-state index is 12.8. The number of rotatable bonds is 2. The first-order valence-corrected chi connectivity index (χ1v) is 5.32. The number of aromatic nitrogens is 2. The van der Waals surface area contributed by atoms with Crippen LogP contribution in [0.2, 0.25) is 0 Å². The van der Waals surface area contributed by atoms with Crippen LogP contribution in [0.1, 0.15) is 0 Å². The van der Waals surface area contributed by atoms with Crippen LogP contribution in [0, 0.1) is 0 Å². The Hall–Kier alpha value is -0.450. The lowest BCUT2D eigenvalue weighted by Crippen LogP contribution is -1.95. The fourth-order valence-corrected chi connectivity index (χ4v) is 2.05. The summed E-state index contributed by atoms with van der Waals surface area (Å²) in [4.78, 5) is 6.99. The summed E-state index contributed by atoms with van der Waals surface area (Å²) in [7, 11) is 0. The number of benzene rings is 1. The van der Waals surface area contributed by atoms with Gasteiger partial charge in [-0.1, -0.05) is 35.3 Å². The Morgan fingerprint density at radius 1 is 1.36 bits per heavy atom. The molecule has 74 valence electrons. The number of halogens is 3. The SMILES string of the molecule is FC(Cl)(Cl)Sc1nc2ccccc2[nH]1. The van der Waals surface area contributed by atoms with Crippen molar-refractivity contribution in [3.63, 3.8) is 0 Å². The normalized spacial score (nSPS) is 12.2. The Bertz CT molecular complexity index is 419. The van der Waals surface area contributed by atoms with E-state index < -0.39 is 3.92 Å². The van der Waals surface area contributed by atoms with Gasteiger partial charge in [0, 0.05) is 0 Å². The molecule has 14 heavy (non-hydrogen) atoms. The fraction of sp³-hybridized carbons (Fsp3) is 0.125. The van der Waals surface area contributed by atoms with Crippen molar-refractivity contribution in [1.82, 2.24) is 9.97 Å². The van der Waals surface area contributed by atoms with Gasteiger partial charge < -0.3 is 4.98 Å². The van der Waals surface area contributed by atoms with Crippen LogP contribution < -0.4 is 0 Å². The first-order chi connectivity index (χ1) is 6.54. The highest BCUT2D eigenvalue weighted by Gasteiger charge is 2.25. The van der Waals surface area contributed by atoms with Gasteiger partial charge >= 0.3 is 3.92 Å². The Balaban J connectivity index is 2.36. The molecule has 2 aromatic rings. The van der Waals surface area contributed by atoms with Gasteiger partial charge in [-0.15, -0.1) is 0 Å². The summed E-state index contributed by atoms with van der Waals surface area (Å²) < 4.78 is 10.5. The molecule has 0 fully saturated rings. The Labute approximate surface area is 93.8 Å². The molecule has 1 N–H and O–H groups in total. The number of nitrogens with one attached hydrogen (secondary N) is 1. The predicted octanol–water partition coefficient (Wildman–Crippen LogP) is 3.71. The highest BCUT2D eigenvalue weighted by Crippen LogP contribution is 2.40. The molecule has 0 spiro atoms. The number of hydrogen-bond donors (Lipinski definition) is 1. The largest absolute Gasteiger partial charge is 0.333 e. The van der Waals surface area contributed by atoms with Gasteiger partial charge in [-0.25, -0.2) is 4.98 Å². The third kappa shape index (κ3) is 2.32. The van der Waals surface area contributed by atoms with E-state index in [-0.39, 0.29) is 0 Å². The zero-order chi connectivity index (χ0) is 10.2. The lowest BCUT2D eigenvalue weighted by atomic mass is 10.3. The minimum Gasteiger partial charge on any atom is -0.333 e. The number of H-pyrrole nitrogens is 1. The van der Waals surface area contributed by atoms with E-state index in [4.69, 9.17) is 23.2 Å². The standard InChI is InChI=1S/C8H5Cl2FN2S/c9-8(10,11)14-7-12-5-3-1-2-4-6(5)13-7/h1-4H,(H,12,13). The van der Waals surface area contributed by atoms with Gasteiger partial charge in [0.15, 0.2) is 5.16 Å². The summed E-state index contributed by atoms with van der Waals surface area (Å²) in [6, 6.07) is 7.37. The predicted molar refractivity (Wildman–Crippen MR) is 57.5 cm³/mol. The molecule has 0 bridgehead atoms. The number of imidazole rings is 1. The van der Waals surface area contributed by atoms with E-state index >= 15 is 0 Å². The molecule has 2 nitrogen and oxygen atoms in total. The zero-order valence-electron chi connectivity index (χ0n) is 6.80. The van der Waals surface area contributed by atoms with Gasteiger partial charge in [-0.3, -0.25) is 0 Å². The molecular weight excluding hydrogens is 246 g/mol. The molecule has 0 unspecified atom stereocenters. The van der Waals surface area contributed by atoms with Crippen molar-refractivity contribution < 1.29 is 4.39 Å². The number of aromatic amines is 1. The molecule has 0 aliphatic heterocycles. The monoisotopic (exact) mass is 250 g/mol. The second-order valence-electron chi connectivity index (χ2n) is 2.61. The second-order valence-corrected chi connectivity index (χ2v) is 5.44. The minimum atomic E-state index is -2.35. The highest BCUT2D eigenvalue weighted by atomic mass is 35.5. The van der Waals surface area contributed by atoms with Gasteiger partial charge in [-0.2, -0.15) is 4.39 Å². The van der Waals surface area contributed by atoms with Crippen LogP contribution in [0.25, 0.3) is 11.0 Å². The number of alkyl halides is 3. The van der Waals surface area contributed by atoms with Crippen LogP contribution in [0.3, 0.4) is 0 Å². The number of para-hydroxylation sites is 2. The number of nitrogens with zero attached hydrogens (tertiary/aromatic N) is 1. The van der Waals surface area contributed by atoms with E-state index in [2.05, 4.69) is 9.97 Å². The molecule has 0 radical (unpaired) electrons. The molecule has 0 saturated heterocycles. The average molecular weight is 251 g/mol. The highest BCUT2D eigenvalue weighted by molar-refractivity contribution is 8.02. The van der Waals surface area contributed by atoms with Crippen LogP contribution in [-0.4, -0.2) is 13.9 Å². The molecule has 0 aliphatic rings. The van der Waals surface area contributed by atoms with Gasteiger partial charge in [0.05, 0.1) is 11.0 Å². The van der Waals surface area contributed by atoms with Crippen molar-refractivity contribution in [3.8, 4) is 0 Å². The summed E-state index contributed by atoms with van der Waals surface area (Å²) in [5, 5.41) is 0.360. The van der Waals surface area contributed by atoms with Crippen LogP contribution in [0.4, 0.5) is 4.39 Å². The molecule has 0 aliphatic carbocycles. The molecule has 1 aromatic heterocycles. The molecule has 2 rings (SSSR count). The van der Waals surface area contributed by atoms with E-state index in [9.17, 15) is 4.39 Å². The van der Waals surface area contributed by atoms with Crippen molar-refractivity contribution in [2.45, 2.75) is 9.08 Å². The molecule has 1 heterocycles. The van der Waals surface area contributed by atoms with Crippen LogP contribution in [0.15, 0.2) is 29.4 Å². The quantitative estimate of drug-likeness (QED) is 0.651. The van der Waals surface area contributed by atoms with E-state index in [1.54, 1.807) is 0 Å². The van der Waals surface area contributed by atoms with Gasteiger partial charge in [-0.05, 0) is 23.9 Å². The summed E-state index contributed by atoms with van der Waals surface area (Å²) >= 11 is 11.0. The van der Waals surface area contributed by atoms with E-state index in [1.807, 2.05) is 24.3 Å². The van der Waals surface area contributed by atoms with Gasteiger partial charge in [0.1, 0.15) is 0 Å². The molecule has 1 aromatic carbocycles. The number of fused-ring (bicyclic) bond motifs is 1. The van der Waals surface area contributed by atoms with Crippen LogP contribution >= 0.6 is 35.0 Å². The Kier molecular flexibility index (Phi) is 2.60. The topological polar surface area (TPSA) is 28.7 Å². The minimum absolute atomic E-state index is 0.360. The molecule has 0 amide bonds. The van der Waals surface area contributed by atoms with E-state index in [0.717, 1.165) is 11.0 Å². The van der Waals surface area contributed by atoms with Crippen LogP contribution in [-0.2, 0) is 0 Å². The Morgan fingerprint density at radius 3 is 2.71 bits per heavy atom. The molecular formula is C8H5Cl2FN2S. The second kappa shape index (κ2) is 3.61. The summed E-state index contributed by atoms with van der Waals surface area (Å²) in [6.07, 6.45) is 0. The van der Waals surface area contributed by atoms with Crippen molar-refractivity contribution >= 4 is 46.0 Å². The van der Waals surface area contributed by atoms with E-state index in [0.29, 0.717) is 16.9 Å². The third-order valence-electron chi connectivity index (χ3n) is 1.58. The first kappa shape index (κ1) is 10.1. The van der Waals surface area contributed by atoms with Crippen molar-refractivity contribution in [2.75, 3.05) is 0 Å². The van der Waals surface area contributed by atoms with Gasteiger partial charge in [0.25, 0.3) is 0 Å². The smallest absolute Gasteiger partial charge is 0.312 e.